The minimum Gasteiger partial charge on any atom is -0.477 e. The smallest absolute Gasteiger partial charge is 0.345 e. The first-order chi connectivity index (χ1) is 10.3. The number of nitrogens with one attached hydrogen (secondary N) is 1. The van der Waals surface area contributed by atoms with E-state index in [1.807, 2.05) is 0 Å². The van der Waals surface area contributed by atoms with Crippen molar-refractivity contribution in [2.75, 3.05) is 6.54 Å². The molecule has 1 unspecified atom stereocenters. The summed E-state index contributed by atoms with van der Waals surface area (Å²) in [5.74, 6) is -1.06. The van der Waals surface area contributed by atoms with Crippen LogP contribution in [0.15, 0.2) is 12.1 Å². The van der Waals surface area contributed by atoms with Gasteiger partial charge in [-0.25, -0.2) is 4.79 Å². The summed E-state index contributed by atoms with van der Waals surface area (Å²) in [6.07, 6.45) is 2.02. The number of ether oxygens (including phenoxy) is 1. The zero-order chi connectivity index (χ0) is 15.9. The van der Waals surface area contributed by atoms with Crippen LogP contribution in [0, 0.1) is 0 Å². The summed E-state index contributed by atoms with van der Waals surface area (Å²) in [5, 5.41) is 12.7. The van der Waals surface area contributed by atoms with Gasteiger partial charge >= 0.3 is 5.97 Å². The summed E-state index contributed by atoms with van der Waals surface area (Å²) in [4.78, 5) is 24.0. The van der Waals surface area contributed by atoms with Crippen molar-refractivity contribution in [1.29, 1.82) is 0 Å². The first kappa shape index (κ1) is 15.5. The predicted octanol–water partition coefficient (Wildman–Crippen LogP) is 3.35. The molecular formula is C15H17NO4S2. The number of aromatic carboxylic acids is 1. The van der Waals surface area contributed by atoms with E-state index >= 15 is 0 Å². The molecule has 3 rings (SSSR count). The van der Waals surface area contributed by atoms with E-state index in [1.165, 1.54) is 22.7 Å². The van der Waals surface area contributed by atoms with Gasteiger partial charge in [-0.3, -0.25) is 4.79 Å². The highest BCUT2D eigenvalue weighted by molar-refractivity contribution is 7.39. The van der Waals surface area contributed by atoms with Crippen molar-refractivity contribution < 1.29 is 19.4 Å². The van der Waals surface area contributed by atoms with Crippen LogP contribution >= 0.6 is 22.7 Å². The molecule has 1 saturated heterocycles. The van der Waals surface area contributed by atoms with Crippen LogP contribution in [-0.4, -0.2) is 35.2 Å². The maximum atomic E-state index is 12.2. The van der Waals surface area contributed by atoms with Gasteiger partial charge in [0.05, 0.1) is 20.6 Å². The molecule has 1 aliphatic rings. The maximum Gasteiger partial charge on any atom is 0.345 e. The second-order valence-electron chi connectivity index (χ2n) is 6.02. The van der Waals surface area contributed by atoms with Crippen molar-refractivity contribution in [3.8, 4) is 0 Å². The molecule has 1 atom stereocenters. The molecule has 0 aromatic carbocycles. The summed E-state index contributed by atoms with van der Waals surface area (Å²) < 4.78 is 6.71. The molecule has 2 aromatic heterocycles. The van der Waals surface area contributed by atoms with Crippen LogP contribution in [0.1, 0.15) is 46.0 Å². The van der Waals surface area contributed by atoms with Gasteiger partial charge in [0.15, 0.2) is 0 Å². The average Bonchev–Trinajstić information content (AvgIpc) is 3.07. The van der Waals surface area contributed by atoms with Crippen molar-refractivity contribution in [3.63, 3.8) is 0 Å². The van der Waals surface area contributed by atoms with Crippen LogP contribution in [0.25, 0.3) is 9.40 Å². The third kappa shape index (κ3) is 3.16. The summed E-state index contributed by atoms with van der Waals surface area (Å²) in [6, 6.07) is 3.36. The zero-order valence-electron chi connectivity index (χ0n) is 12.3. The molecular weight excluding hydrogens is 322 g/mol. The molecule has 0 aliphatic carbocycles. The van der Waals surface area contributed by atoms with Crippen molar-refractivity contribution in [1.82, 2.24) is 5.32 Å². The van der Waals surface area contributed by atoms with E-state index in [2.05, 4.69) is 19.2 Å². The molecule has 3 heterocycles. The van der Waals surface area contributed by atoms with Crippen LogP contribution in [0.5, 0.6) is 0 Å². The van der Waals surface area contributed by atoms with Gasteiger partial charge < -0.3 is 15.2 Å². The lowest BCUT2D eigenvalue weighted by Crippen LogP contribution is -2.33. The van der Waals surface area contributed by atoms with Crippen LogP contribution in [0.4, 0.5) is 0 Å². The highest BCUT2D eigenvalue weighted by Crippen LogP contribution is 2.33. The largest absolute Gasteiger partial charge is 0.477 e. The summed E-state index contributed by atoms with van der Waals surface area (Å²) >= 11 is 2.53. The molecule has 0 radical (unpaired) electrons. The fourth-order valence-electron chi connectivity index (χ4n) is 2.57. The van der Waals surface area contributed by atoms with Gasteiger partial charge in [0.1, 0.15) is 4.88 Å². The van der Waals surface area contributed by atoms with Gasteiger partial charge in [-0.1, -0.05) is 0 Å². The van der Waals surface area contributed by atoms with Crippen LogP contribution in [0.2, 0.25) is 0 Å². The van der Waals surface area contributed by atoms with Gasteiger partial charge in [0.2, 0.25) is 0 Å². The summed E-state index contributed by atoms with van der Waals surface area (Å²) in [5.41, 5.74) is -0.103. The van der Waals surface area contributed by atoms with E-state index in [4.69, 9.17) is 9.84 Å². The number of rotatable bonds is 4. The van der Waals surface area contributed by atoms with E-state index in [1.54, 1.807) is 12.1 Å². The minimum absolute atomic E-state index is 0.0682. The molecule has 1 fully saturated rings. The van der Waals surface area contributed by atoms with E-state index in [9.17, 15) is 9.59 Å². The van der Waals surface area contributed by atoms with Gasteiger partial charge in [-0.2, -0.15) is 0 Å². The molecule has 2 aromatic rings. The molecule has 118 valence electrons. The minimum atomic E-state index is -0.930. The molecule has 1 amide bonds. The Morgan fingerprint density at radius 1 is 1.36 bits per heavy atom. The first-order valence-electron chi connectivity index (χ1n) is 7.07. The Kier molecular flexibility index (Phi) is 3.96. The number of amides is 1. The highest BCUT2D eigenvalue weighted by atomic mass is 32.2. The Hall–Kier alpha value is -1.44. The van der Waals surface area contributed by atoms with Crippen LogP contribution in [0.3, 0.4) is 0 Å². The molecule has 2 N–H and O–H groups in total. The third-order valence-electron chi connectivity index (χ3n) is 3.69. The number of carbonyl (C=O) groups excluding carboxylic acids is 1. The lowest BCUT2D eigenvalue weighted by molar-refractivity contribution is -0.0138. The Bertz CT molecular complexity index is 700. The van der Waals surface area contributed by atoms with Gasteiger partial charge in [-0.15, -0.1) is 22.7 Å². The van der Waals surface area contributed by atoms with E-state index in [0.29, 0.717) is 16.3 Å². The third-order valence-corrected chi connectivity index (χ3v) is 6.07. The quantitative estimate of drug-likeness (QED) is 0.896. The number of thiophene rings is 2. The maximum absolute atomic E-state index is 12.2. The average molecular weight is 339 g/mol. The topological polar surface area (TPSA) is 75.6 Å². The summed E-state index contributed by atoms with van der Waals surface area (Å²) in [6.45, 7) is 4.62. The number of carbonyl (C=O) groups is 2. The lowest BCUT2D eigenvalue weighted by Gasteiger charge is -2.19. The molecule has 1 aliphatic heterocycles. The lowest BCUT2D eigenvalue weighted by atomic mass is 10.1. The van der Waals surface area contributed by atoms with E-state index in [-0.39, 0.29) is 17.6 Å². The predicted molar refractivity (Wildman–Crippen MR) is 87.2 cm³/mol. The number of fused-ring (bicyclic) bond motifs is 1. The first-order valence-corrected chi connectivity index (χ1v) is 8.70. The van der Waals surface area contributed by atoms with Crippen LogP contribution < -0.4 is 5.32 Å². The van der Waals surface area contributed by atoms with Crippen molar-refractivity contribution in [3.05, 3.63) is 21.9 Å². The van der Waals surface area contributed by atoms with Crippen molar-refractivity contribution in [2.24, 2.45) is 0 Å². The van der Waals surface area contributed by atoms with Crippen molar-refractivity contribution in [2.45, 2.75) is 38.4 Å². The molecule has 0 spiro atoms. The number of hydrogen-bond acceptors (Lipinski definition) is 5. The van der Waals surface area contributed by atoms with Crippen LogP contribution in [-0.2, 0) is 4.74 Å². The normalized spacial score (nSPS) is 20.4. The Morgan fingerprint density at radius 3 is 2.64 bits per heavy atom. The fourth-order valence-corrected chi connectivity index (χ4v) is 4.77. The van der Waals surface area contributed by atoms with E-state index in [0.717, 1.165) is 22.2 Å². The molecule has 5 nitrogen and oxygen atoms in total. The number of carboxylic acid groups (broad SMARTS) is 1. The monoisotopic (exact) mass is 339 g/mol. The molecule has 0 saturated carbocycles. The number of carboxylic acids is 1. The molecule has 7 heteroatoms. The van der Waals surface area contributed by atoms with Gasteiger partial charge in [0, 0.05) is 11.9 Å². The number of hydrogen-bond donors (Lipinski definition) is 2. The highest BCUT2D eigenvalue weighted by Gasteiger charge is 2.31. The zero-order valence-corrected chi connectivity index (χ0v) is 14.0. The Balaban J connectivity index is 1.63. The standard InChI is InChI=1S/C15H17NO4S2/c1-15(2)4-3-9(20-15)7-16-12(17)10-5-8-6-11(13(18)19)22-14(8)21-10/h5-6,9H,3-4,7H2,1-2H3,(H,16,17)(H,18,19). The second-order valence-corrected chi connectivity index (χ2v) is 8.38. The SMILES string of the molecule is CC1(C)CCC(CNC(=O)c2cc3cc(C(=O)O)sc3s2)O1. The fraction of sp³-hybridized carbons (Fsp3) is 0.467. The van der Waals surface area contributed by atoms with E-state index < -0.39 is 5.97 Å². The van der Waals surface area contributed by atoms with Gasteiger partial charge in [0.25, 0.3) is 5.91 Å². The molecule has 22 heavy (non-hydrogen) atoms. The van der Waals surface area contributed by atoms with Gasteiger partial charge in [-0.05, 0) is 38.8 Å². The second kappa shape index (κ2) is 5.64. The summed E-state index contributed by atoms with van der Waals surface area (Å²) in [7, 11) is 0. The van der Waals surface area contributed by atoms with Crippen molar-refractivity contribution >= 4 is 43.9 Å². The Labute approximate surface area is 135 Å². The Morgan fingerprint density at radius 2 is 2.05 bits per heavy atom. The molecule has 0 bridgehead atoms.